The SMILES string of the molecule is C[C@H](NC(=O)CNc1ccc(S(=O)(=O)N2CCCCCC2)cc1)c1cc2ccccc2o1. The Kier molecular flexibility index (Phi) is 6.81. The molecule has 0 unspecified atom stereocenters. The van der Waals surface area contributed by atoms with E-state index in [-0.39, 0.29) is 23.4 Å². The fourth-order valence-corrected chi connectivity index (χ4v) is 5.45. The van der Waals surface area contributed by atoms with Crippen LogP contribution in [0.5, 0.6) is 0 Å². The van der Waals surface area contributed by atoms with Crippen molar-refractivity contribution in [2.75, 3.05) is 25.0 Å². The van der Waals surface area contributed by atoms with E-state index < -0.39 is 10.0 Å². The number of rotatable bonds is 7. The molecule has 1 atom stereocenters. The number of hydrogen-bond acceptors (Lipinski definition) is 5. The highest BCUT2D eigenvalue weighted by Gasteiger charge is 2.25. The number of fused-ring (bicyclic) bond motifs is 1. The average molecular weight is 456 g/mol. The van der Waals surface area contributed by atoms with Crippen molar-refractivity contribution in [3.63, 3.8) is 0 Å². The van der Waals surface area contributed by atoms with Crippen molar-refractivity contribution >= 4 is 32.6 Å². The molecule has 3 aromatic rings. The standard InChI is InChI=1S/C24H29N3O4S/c1-18(23-16-19-8-4-5-9-22(19)31-23)26-24(28)17-25-20-10-12-21(13-11-20)32(29,30)27-14-6-2-3-7-15-27/h4-5,8-13,16,18,25H,2-3,6-7,14-15,17H2,1H3,(H,26,28)/t18-/m0/s1. The summed E-state index contributed by atoms with van der Waals surface area (Å²) in [7, 11) is -3.48. The fourth-order valence-electron chi connectivity index (χ4n) is 3.94. The van der Waals surface area contributed by atoms with Crippen molar-refractivity contribution in [3.05, 3.63) is 60.4 Å². The summed E-state index contributed by atoms with van der Waals surface area (Å²) < 4.78 is 33.1. The second kappa shape index (κ2) is 9.75. The van der Waals surface area contributed by atoms with Crippen molar-refractivity contribution in [1.82, 2.24) is 9.62 Å². The predicted octanol–water partition coefficient (Wildman–Crippen LogP) is 4.29. The van der Waals surface area contributed by atoms with Gasteiger partial charge in [-0.1, -0.05) is 31.0 Å². The van der Waals surface area contributed by atoms with Crippen molar-refractivity contribution in [2.45, 2.75) is 43.5 Å². The summed E-state index contributed by atoms with van der Waals surface area (Å²) in [6.45, 7) is 3.10. The van der Waals surface area contributed by atoms with E-state index in [1.54, 1.807) is 28.6 Å². The second-order valence-corrected chi connectivity index (χ2v) is 10.1. The first-order valence-corrected chi connectivity index (χ1v) is 12.5. The molecular formula is C24H29N3O4S. The third-order valence-electron chi connectivity index (χ3n) is 5.76. The average Bonchev–Trinajstić information content (AvgIpc) is 3.03. The first-order chi connectivity index (χ1) is 15.4. The van der Waals surface area contributed by atoms with Gasteiger partial charge in [-0.15, -0.1) is 0 Å². The van der Waals surface area contributed by atoms with E-state index in [9.17, 15) is 13.2 Å². The molecule has 2 N–H and O–H groups in total. The fraction of sp³-hybridized carbons (Fsp3) is 0.375. The Morgan fingerprint density at radius 1 is 1.03 bits per heavy atom. The van der Waals surface area contributed by atoms with E-state index in [0.717, 1.165) is 36.7 Å². The predicted molar refractivity (Wildman–Crippen MR) is 125 cm³/mol. The minimum atomic E-state index is -3.48. The number of anilines is 1. The van der Waals surface area contributed by atoms with Gasteiger partial charge in [-0.2, -0.15) is 4.31 Å². The van der Waals surface area contributed by atoms with Gasteiger partial charge in [0.15, 0.2) is 0 Å². The highest BCUT2D eigenvalue weighted by molar-refractivity contribution is 7.89. The first kappa shape index (κ1) is 22.4. The van der Waals surface area contributed by atoms with E-state index in [4.69, 9.17) is 4.42 Å². The van der Waals surface area contributed by atoms with Gasteiger partial charge in [0.25, 0.3) is 0 Å². The van der Waals surface area contributed by atoms with Crippen LogP contribution < -0.4 is 10.6 Å². The number of carbonyl (C=O) groups is 1. The maximum Gasteiger partial charge on any atom is 0.243 e. The van der Waals surface area contributed by atoms with Gasteiger partial charge in [-0.05, 0) is 56.2 Å². The number of hydrogen-bond donors (Lipinski definition) is 2. The third kappa shape index (κ3) is 5.14. The topological polar surface area (TPSA) is 91.7 Å². The molecule has 1 aliphatic rings. The molecule has 4 rings (SSSR count). The summed E-state index contributed by atoms with van der Waals surface area (Å²) in [5.74, 6) is 0.516. The number of para-hydroxylation sites is 1. The Bertz CT molecular complexity index is 1130. The van der Waals surface area contributed by atoms with Gasteiger partial charge < -0.3 is 15.1 Å². The van der Waals surface area contributed by atoms with Gasteiger partial charge in [0.1, 0.15) is 11.3 Å². The zero-order chi connectivity index (χ0) is 22.6. The molecule has 2 aromatic carbocycles. The monoisotopic (exact) mass is 455 g/mol. The van der Waals surface area contributed by atoms with E-state index in [0.29, 0.717) is 24.5 Å². The zero-order valence-electron chi connectivity index (χ0n) is 18.2. The quantitative estimate of drug-likeness (QED) is 0.555. The largest absolute Gasteiger partial charge is 0.459 e. The number of furan rings is 1. The van der Waals surface area contributed by atoms with Crippen LogP contribution in [0.15, 0.2) is 63.9 Å². The molecule has 1 saturated heterocycles. The van der Waals surface area contributed by atoms with Gasteiger partial charge in [0.2, 0.25) is 15.9 Å². The Balaban J connectivity index is 1.32. The molecule has 0 radical (unpaired) electrons. The molecule has 32 heavy (non-hydrogen) atoms. The molecule has 1 aromatic heterocycles. The van der Waals surface area contributed by atoms with E-state index >= 15 is 0 Å². The van der Waals surface area contributed by atoms with Gasteiger partial charge in [-0.3, -0.25) is 4.79 Å². The molecule has 170 valence electrons. The number of sulfonamides is 1. The van der Waals surface area contributed by atoms with Crippen LogP contribution in [0.4, 0.5) is 5.69 Å². The summed E-state index contributed by atoms with van der Waals surface area (Å²) in [5.41, 5.74) is 1.48. The smallest absolute Gasteiger partial charge is 0.243 e. The summed E-state index contributed by atoms with van der Waals surface area (Å²) in [4.78, 5) is 12.6. The molecule has 1 amide bonds. The number of carbonyl (C=O) groups excluding carboxylic acids is 1. The molecule has 7 nitrogen and oxygen atoms in total. The molecule has 0 aliphatic carbocycles. The highest BCUT2D eigenvalue weighted by Crippen LogP contribution is 2.24. The number of amides is 1. The molecular weight excluding hydrogens is 426 g/mol. The zero-order valence-corrected chi connectivity index (χ0v) is 19.0. The Morgan fingerprint density at radius 3 is 2.41 bits per heavy atom. The van der Waals surface area contributed by atoms with E-state index in [2.05, 4.69) is 10.6 Å². The minimum Gasteiger partial charge on any atom is -0.459 e. The van der Waals surface area contributed by atoms with Crippen LogP contribution in [0, 0.1) is 0 Å². The van der Waals surface area contributed by atoms with Gasteiger partial charge in [0.05, 0.1) is 17.5 Å². The molecule has 1 fully saturated rings. The number of benzene rings is 2. The summed E-state index contributed by atoms with van der Waals surface area (Å²) >= 11 is 0. The van der Waals surface area contributed by atoms with Crippen LogP contribution in [-0.2, 0) is 14.8 Å². The minimum absolute atomic E-state index is 0.0722. The normalized spacial score (nSPS) is 16.4. The maximum atomic E-state index is 12.9. The third-order valence-corrected chi connectivity index (χ3v) is 7.67. The van der Waals surface area contributed by atoms with Crippen molar-refractivity contribution < 1.29 is 17.6 Å². The van der Waals surface area contributed by atoms with Crippen LogP contribution in [0.3, 0.4) is 0 Å². The van der Waals surface area contributed by atoms with Crippen molar-refractivity contribution in [1.29, 1.82) is 0 Å². The van der Waals surface area contributed by atoms with Gasteiger partial charge >= 0.3 is 0 Å². The summed E-state index contributed by atoms with van der Waals surface area (Å²) in [5, 5.41) is 6.96. The van der Waals surface area contributed by atoms with Crippen LogP contribution in [0.25, 0.3) is 11.0 Å². The lowest BCUT2D eigenvalue weighted by Crippen LogP contribution is -2.32. The van der Waals surface area contributed by atoms with Crippen LogP contribution in [0.2, 0.25) is 0 Å². The second-order valence-electron chi connectivity index (χ2n) is 8.17. The lowest BCUT2D eigenvalue weighted by atomic mass is 10.2. The van der Waals surface area contributed by atoms with Crippen LogP contribution in [-0.4, -0.2) is 38.3 Å². The molecule has 0 saturated carbocycles. The van der Waals surface area contributed by atoms with Crippen molar-refractivity contribution in [2.24, 2.45) is 0 Å². The van der Waals surface area contributed by atoms with Gasteiger partial charge in [-0.25, -0.2) is 8.42 Å². The number of nitrogens with zero attached hydrogens (tertiary/aromatic N) is 1. The van der Waals surface area contributed by atoms with Crippen LogP contribution >= 0.6 is 0 Å². The maximum absolute atomic E-state index is 12.9. The Morgan fingerprint density at radius 2 is 1.72 bits per heavy atom. The molecule has 1 aliphatic heterocycles. The molecule has 0 bridgehead atoms. The molecule has 8 heteroatoms. The van der Waals surface area contributed by atoms with Crippen LogP contribution in [0.1, 0.15) is 44.4 Å². The lowest BCUT2D eigenvalue weighted by Gasteiger charge is -2.20. The number of nitrogens with one attached hydrogen (secondary N) is 2. The first-order valence-electron chi connectivity index (χ1n) is 11.1. The molecule has 2 heterocycles. The summed E-state index contributed by atoms with van der Waals surface area (Å²) in [6, 6.07) is 16.0. The Hall–Kier alpha value is -2.84. The summed E-state index contributed by atoms with van der Waals surface area (Å²) in [6.07, 6.45) is 3.96. The highest BCUT2D eigenvalue weighted by atomic mass is 32.2. The lowest BCUT2D eigenvalue weighted by molar-refractivity contribution is -0.120. The van der Waals surface area contributed by atoms with Crippen molar-refractivity contribution in [3.8, 4) is 0 Å². The Labute approximate surface area is 188 Å². The van der Waals surface area contributed by atoms with E-state index in [1.165, 1.54) is 0 Å². The van der Waals surface area contributed by atoms with Gasteiger partial charge in [0, 0.05) is 24.2 Å². The molecule has 0 spiro atoms. The van der Waals surface area contributed by atoms with E-state index in [1.807, 2.05) is 37.3 Å².